The van der Waals surface area contributed by atoms with Crippen molar-refractivity contribution >= 4 is 5.69 Å². The van der Waals surface area contributed by atoms with Gasteiger partial charge in [0, 0.05) is 61.4 Å². The highest BCUT2D eigenvalue weighted by Crippen LogP contribution is 2.34. The van der Waals surface area contributed by atoms with Crippen molar-refractivity contribution in [3.8, 4) is 51.3 Å². The van der Waals surface area contributed by atoms with Crippen LogP contribution in [-0.2, 0) is 13.1 Å². The summed E-state index contributed by atoms with van der Waals surface area (Å²) in [5.74, 6) is 3.63. The molecule has 9 heteroatoms. The molecule has 254 valence electrons. The Labute approximate surface area is 289 Å². The van der Waals surface area contributed by atoms with Crippen molar-refractivity contribution in [1.82, 2.24) is 14.9 Å². The van der Waals surface area contributed by atoms with Gasteiger partial charge >= 0.3 is 0 Å². The molecule has 49 heavy (non-hydrogen) atoms. The Bertz CT molecular complexity index is 1840. The van der Waals surface area contributed by atoms with Crippen molar-refractivity contribution in [2.75, 3.05) is 53.5 Å². The van der Waals surface area contributed by atoms with Crippen molar-refractivity contribution in [2.45, 2.75) is 32.0 Å². The molecule has 0 aliphatic carbocycles. The molecule has 1 aliphatic rings. The van der Waals surface area contributed by atoms with E-state index in [-0.39, 0.29) is 0 Å². The first-order chi connectivity index (χ1) is 24.0. The predicted octanol–water partition coefficient (Wildman–Crippen LogP) is 7.52. The summed E-state index contributed by atoms with van der Waals surface area (Å²) in [6.45, 7) is 3.63. The average Bonchev–Trinajstić information content (AvgIpc) is 3.17. The second-order valence-electron chi connectivity index (χ2n) is 12.1. The van der Waals surface area contributed by atoms with Crippen molar-refractivity contribution in [1.29, 1.82) is 0 Å². The van der Waals surface area contributed by atoms with Crippen molar-refractivity contribution in [2.24, 2.45) is 0 Å². The number of pyridine rings is 2. The number of likely N-dealkylation sites (tertiary alicyclic amines) is 1. The number of hydrogen-bond donors (Lipinski definition) is 0. The minimum absolute atomic E-state index is 0.377. The zero-order valence-electron chi connectivity index (χ0n) is 28.9. The van der Waals surface area contributed by atoms with Gasteiger partial charge in [0.25, 0.3) is 0 Å². The zero-order chi connectivity index (χ0) is 34.2. The molecular weight excluding hydrogens is 616 g/mol. The summed E-state index contributed by atoms with van der Waals surface area (Å²) in [7, 11) is 8.30. The van der Waals surface area contributed by atoms with E-state index in [1.165, 1.54) is 16.8 Å². The number of piperidine rings is 1. The summed E-state index contributed by atoms with van der Waals surface area (Å²) in [6, 6.07) is 29.2. The molecule has 1 saturated heterocycles. The Morgan fingerprint density at radius 2 is 1.12 bits per heavy atom. The molecule has 0 saturated carbocycles. The molecule has 2 aromatic heterocycles. The third kappa shape index (κ3) is 7.90. The first-order valence-corrected chi connectivity index (χ1v) is 16.5. The first-order valence-electron chi connectivity index (χ1n) is 16.5. The Morgan fingerprint density at radius 1 is 0.592 bits per heavy atom. The lowest BCUT2D eigenvalue weighted by atomic mass is 10.00. The Kier molecular flexibility index (Phi) is 10.8. The molecular formula is C40H44N4O5. The largest absolute Gasteiger partial charge is 0.497 e. The molecule has 0 amide bonds. The molecule has 6 rings (SSSR count). The SMILES string of the molecule is COc1ccc(N(Cc2ccnc(-c3ccc(OC)c(OC)c3)c2)C2CCN(Cc3ccnc(-c4ccc(OC)c(OC)c4)c3)CC2)cc1. The van der Waals surface area contributed by atoms with Crippen LogP contribution in [0.1, 0.15) is 24.0 Å². The summed E-state index contributed by atoms with van der Waals surface area (Å²) < 4.78 is 27.4. The summed E-state index contributed by atoms with van der Waals surface area (Å²) in [4.78, 5) is 14.4. The van der Waals surface area contributed by atoms with Gasteiger partial charge in [-0.3, -0.25) is 14.9 Å². The Balaban J connectivity index is 1.17. The molecule has 1 aliphatic heterocycles. The van der Waals surface area contributed by atoms with Gasteiger partial charge in [0.05, 0.1) is 46.9 Å². The van der Waals surface area contributed by atoms with E-state index in [4.69, 9.17) is 28.7 Å². The lowest BCUT2D eigenvalue weighted by Gasteiger charge is -2.40. The maximum Gasteiger partial charge on any atom is 0.161 e. The second kappa shape index (κ2) is 15.7. The van der Waals surface area contributed by atoms with Crippen LogP contribution in [0.4, 0.5) is 5.69 Å². The summed E-state index contributed by atoms with van der Waals surface area (Å²) in [5.41, 5.74) is 7.41. The topological polar surface area (TPSA) is 78.4 Å². The maximum atomic E-state index is 5.55. The minimum atomic E-state index is 0.377. The highest BCUT2D eigenvalue weighted by atomic mass is 16.5. The summed E-state index contributed by atoms with van der Waals surface area (Å²) in [5, 5.41) is 0. The van der Waals surface area contributed by atoms with Crippen molar-refractivity contribution < 1.29 is 23.7 Å². The fourth-order valence-electron chi connectivity index (χ4n) is 6.50. The molecule has 0 unspecified atom stereocenters. The molecule has 1 fully saturated rings. The van der Waals surface area contributed by atoms with Crippen molar-refractivity contribution in [3.05, 3.63) is 108 Å². The number of anilines is 1. The van der Waals surface area contributed by atoms with Gasteiger partial charge in [-0.1, -0.05) is 0 Å². The number of nitrogens with zero attached hydrogens (tertiary/aromatic N) is 4. The van der Waals surface area contributed by atoms with E-state index in [2.05, 4.69) is 51.2 Å². The summed E-state index contributed by atoms with van der Waals surface area (Å²) >= 11 is 0. The van der Waals surface area contributed by atoms with E-state index < -0.39 is 0 Å². The van der Waals surface area contributed by atoms with Crippen LogP contribution in [0, 0.1) is 0 Å². The van der Waals surface area contributed by atoms with Crippen LogP contribution < -0.4 is 28.6 Å². The smallest absolute Gasteiger partial charge is 0.161 e. The molecule has 0 radical (unpaired) electrons. The standard InChI is InChI=1S/C40H44N4O5/c1-45-34-10-8-32(9-11-34)44(27-29-15-19-42-36(23-29)31-7-13-38(47-3)40(25-31)49-5)33-16-20-43(21-17-33)26-28-14-18-41-35(22-28)30-6-12-37(46-2)39(24-30)48-4/h6-15,18-19,22-25,33H,16-17,20-21,26-27H2,1-5H3. The molecule has 3 heterocycles. The van der Waals surface area contributed by atoms with Crippen LogP contribution in [0.5, 0.6) is 28.7 Å². The monoisotopic (exact) mass is 660 g/mol. The van der Waals surface area contributed by atoms with Gasteiger partial charge in [0.2, 0.25) is 0 Å². The number of ether oxygens (including phenoxy) is 5. The van der Waals surface area contributed by atoms with Crippen LogP contribution in [0.3, 0.4) is 0 Å². The number of hydrogen-bond acceptors (Lipinski definition) is 9. The van der Waals surface area contributed by atoms with E-state index in [1.54, 1.807) is 35.5 Å². The molecule has 9 nitrogen and oxygen atoms in total. The average molecular weight is 661 g/mol. The van der Waals surface area contributed by atoms with Crippen LogP contribution in [0.25, 0.3) is 22.5 Å². The Hall–Kier alpha value is -5.28. The van der Waals surface area contributed by atoms with Gasteiger partial charge in [-0.25, -0.2) is 0 Å². The third-order valence-electron chi connectivity index (χ3n) is 9.17. The first kappa shape index (κ1) is 33.6. The second-order valence-corrected chi connectivity index (χ2v) is 12.1. The quantitative estimate of drug-likeness (QED) is 0.127. The fourth-order valence-corrected chi connectivity index (χ4v) is 6.50. The highest BCUT2D eigenvalue weighted by Gasteiger charge is 2.26. The number of rotatable bonds is 13. The molecule has 3 aromatic carbocycles. The van der Waals surface area contributed by atoms with Gasteiger partial charge in [0.1, 0.15) is 5.75 Å². The van der Waals surface area contributed by atoms with Gasteiger partial charge in [-0.05, 0) is 109 Å². The number of benzene rings is 3. The predicted molar refractivity (Wildman–Crippen MR) is 193 cm³/mol. The lowest BCUT2D eigenvalue weighted by Crippen LogP contribution is -2.44. The number of aromatic nitrogens is 2. The van der Waals surface area contributed by atoms with Gasteiger partial charge in [0.15, 0.2) is 23.0 Å². The normalized spacial score (nSPS) is 13.5. The van der Waals surface area contributed by atoms with E-state index in [0.29, 0.717) is 29.0 Å². The summed E-state index contributed by atoms with van der Waals surface area (Å²) in [6.07, 6.45) is 5.88. The van der Waals surface area contributed by atoms with Crippen molar-refractivity contribution in [3.63, 3.8) is 0 Å². The molecule has 0 atom stereocenters. The van der Waals surface area contributed by atoms with Gasteiger partial charge in [-0.15, -0.1) is 0 Å². The fraction of sp³-hybridized carbons (Fsp3) is 0.300. The van der Waals surface area contributed by atoms with Crippen LogP contribution in [0.15, 0.2) is 97.3 Å². The van der Waals surface area contributed by atoms with E-state index >= 15 is 0 Å². The van der Waals surface area contributed by atoms with Gasteiger partial charge in [-0.2, -0.15) is 0 Å². The lowest BCUT2D eigenvalue weighted by molar-refractivity contribution is 0.201. The maximum absolute atomic E-state index is 5.55. The van der Waals surface area contributed by atoms with Crippen LogP contribution >= 0.6 is 0 Å². The van der Waals surface area contributed by atoms with Crippen LogP contribution in [-0.4, -0.2) is 69.5 Å². The van der Waals surface area contributed by atoms with Gasteiger partial charge < -0.3 is 28.6 Å². The van der Waals surface area contributed by atoms with E-state index in [9.17, 15) is 0 Å². The van der Waals surface area contributed by atoms with Crippen LogP contribution in [0.2, 0.25) is 0 Å². The third-order valence-corrected chi connectivity index (χ3v) is 9.17. The van der Waals surface area contributed by atoms with E-state index in [1.807, 2.05) is 60.9 Å². The molecule has 0 N–H and O–H groups in total. The highest BCUT2D eigenvalue weighted by molar-refractivity contribution is 5.65. The van der Waals surface area contributed by atoms with E-state index in [0.717, 1.165) is 67.3 Å². The Morgan fingerprint density at radius 3 is 1.65 bits per heavy atom. The zero-order valence-corrected chi connectivity index (χ0v) is 28.9. The molecule has 0 bridgehead atoms. The number of methoxy groups -OCH3 is 5. The minimum Gasteiger partial charge on any atom is -0.497 e. The molecule has 0 spiro atoms. The molecule has 5 aromatic rings.